The van der Waals surface area contributed by atoms with E-state index in [9.17, 15) is 0 Å². The Bertz CT molecular complexity index is 982. The lowest BCUT2D eigenvalue weighted by atomic mass is 9.68. The highest BCUT2D eigenvalue weighted by Gasteiger charge is 2.39. The molecule has 3 N–H and O–H groups in total. The fourth-order valence-electron chi connectivity index (χ4n) is 5.06. The summed E-state index contributed by atoms with van der Waals surface area (Å²) in [5, 5.41) is 18.9. The van der Waals surface area contributed by atoms with Crippen LogP contribution in [0.5, 0.6) is 0 Å². The maximum absolute atomic E-state index is 4.93. The molecular weight excluding hydrogens is 364 g/mol. The third-order valence-electron chi connectivity index (χ3n) is 6.73. The topological polar surface area (TPSA) is 86.2 Å². The Labute approximate surface area is 171 Å². The van der Waals surface area contributed by atoms with Gasteiger partial charge in [0, 0.05) is 37.1 Å². The Balaban J connectivity index is 1.42. The Morgan fingerprint density at radius 1 is 1.24 bits per heavy atom. The van der Waals surface area contributed by atoms with Gasteiger partial charge >= 0.3 is 0 Å². The molecule has 1 aliphatic carbocycles. The zero-order valence-corrected chi connectivity index (χ0v) is 17.3. The van der Waals surface area contributed by atoms with Crippen molar-refractivity contribution in [3.05, 3.63) is 30.1 Å². The van der Waals surface area contributed by atoms with Crippen molar-refractivity contribution in [1.29, 1.82) is 0 Å². The molecule has 0 bridgehead atoms. The summed E-state index contributed by atoms with van der Waals surface area (Å²) in [6, 6.07) is 6.70. The molecule has 0 aromatic carbocycles. The van der Waals surface area contributed by atoms with Crippen molar-refractivity contribution in [1.82, 2.24) is 30.1 Å². The van der Waals surface area contributed by atoms with Crippen molar-refractivity contribution < 1.29 is 0 Å². The number of fused-ring (bicyclic) bond motifs is 1. The molecule has 0 unspecified atom stereocenters. The third kappa shape index (κ3) is 3.57. The van der Waals surface area contributed by atoms with E-state index in [4.69, 9.17) is 10.1 Å². The van der Waals surface area contributed by atoms with Gasteiger partial charge in [0.25, 0.3) is 0 Å². The van der Waals surface area contributed by atoms with Crippen LogP contribution >= 0.6 is 0 Å². The molecule has 8 heteroatoms. The molecule has 8 nitrogen and oxygen atoms in total. The number of aromatic nitrogens is 5. The van der Waals surface area contributed by atoms with Crippen LogP contribution in [0.4, 0.5) is 17.6 Å². The van der Waals surface area contributed by atoms with Crippen molar-refractivity contribution in [2.24, 2.45) is 5.41 Å². The minimum atomic E-state index is 0.410. The highest BCUT2D eigenvalue weighted by atomic mass is 15.4. The number of H-pyrrole nitrogens is 1. The first kappa shape index (κ1) is 18.4. The van der Waals surface area contributed by atoms with E-state index in [2.05, 4.69) is 32.8 Å². The first-order valence-corrected chi connectivity index (χ1v) is 10.7. The second-order valence-corrected chi connectivity index (χ2v) is 8.75. The smallest absolute Gasteiger partial charge is 0.245 e. The molecule has 1 spiro atoms. The van der Waals surface area contributed by atoms with E-state index in [0.717, 1.165) is 41.9 Å². The van der Waals surface area contributed by atoms with E-state index in [0.29, 0.717) is 11.5 Å². The molecule has 0 amide bonds. The Kier molecular flexibility index (Phi) is 4.66. The lowest BCUT2D eigenvalue weighted by Gasteiger charge is -2.46. The van der Waals surface area contributed by atoms with Gasteiger partial charge in [0.1, 0.15) is 5.52 Å². The Morgan fingerprint density at radius 3 is 2.86 bits per heavy atom. The van der Waals surface area contributed by atoms with Crippen LogP contribution in [-0.2, 0) is 0 Å². The first-order chi connectivity index (χ1) is 14.1. The average Bonchev–Trinajstić information content (AvgIpc) is 3.37. The second kappa shape index (κ2) is 7.33. The van der Waals surface area contributed by atoms with Gasteiger partial charge in [0.15, 0.2) is 11.6 Å². The van der Waals surface area contributed by atoms with Crippen LogP contribution in [-0.4, -0.2) is 51.0 Å². The summed E-state index contributed by atoms with van der Waals surface area (Å²) in [6.07, 6.45) is 9.64. The Morgan fingerprint density at radius 2 is 2.10 bits per heavy atom. The van der Waals surface area contributed by atoms with Crippen LogP contribution in [0.1, 0.15) is 44.2 Å². The molecule has 154 valence electrons. The molecule has 4 heterocycles. The SMILES string of the molecule is CNC1CCC2(CCCN(c3nc(Nc4cc(C)[nH]n4)c4cccn4n3)C2)CC1. The second-order valence-electron chi connectivity index (χ2n) is 8.75. The third-order valence-corrected chi connectivity index (χ3v) is 6.73. The van der Waals surface area contributed by atoms with Crippen LogP contribution in [0.15, 0.2) is 24.4 Å². The van der Waals surface area contributed by atoms with E-state index < -0.39 is 0 Å². The van der Waals surface area contributed by atoms with Crippen LogP contribution < -0.4 is 15.5 Å². The van der Waals surface area contributed by atoms with E-state index >= 15 is 0 Å². The summed E-state index contributed by atoms with van der Waals surface area (Å²) in [5.41, 5.74) is 2.38. The molecule has 0 atom stereocenters. The van der Waals surface area contributed by atoms with Gasteiger partial charge in [-0.25, -0.2) is 4.52 Å². The molecule has 1 aliphatic heterocycles. The molecule has 1 saturated carbocycles. The maximum atomic E-state index is 4.93. The summed E-state index contributed by atoms with van der Waals surface area (Å²) >= 11 is 0. The van der Waals surface area contributed by atoms with Gasteiger partial charge < -0.3 is 15.5 Å². The van der Waals surface area contributed by atoms with Crippen molar-refractivity contribution in [3.63, 3.8) is 0 Å². The number of hydrogen-bond acceptors (Lipinski definition) is 6. The van der Waals surface area contributed by atoms with Crippen molar-refractivity contribution in [2.45, 2.75) is 51.5 Å². The van der Waals surface area contributed by atoms with Gasteiger partial charge in [-0.05, 0) is 70.0 Å². The van der Waals surface area contributed by atoms with Crippen LogP contribution in [0.25, 0.3) is 5.52 Å². The molecule has 2 fully saturated rings. The lowest BCUT2D eigenvalue weighted by molar-refractivity contribution is 0.137. The van der Waals surface area contributed by atoms with Crippen LogP contribution in [0.2, 0.25) is 0 Å². The predicted molar refractivity (Wildman–Crippen MR) is 115 cm³/mol. The van der Waals surface area contributed by atoms with Crippen molar-refractivity contribution >= 4 is 23.1 Å². The normalized spacial score (nSPS) is 25.0. The molecular formula is C21H30N8. The van der Waals surface area contributed by atoms with Crippen molar-refractivity contribution in [2.75, 3.05) is 30.4 Å². The van der Waals surface area contributed by atoms with E-state index in [1.807, 2.05) is 35.8 Å². The number of nitrogens with zero attached hydrogens (tertiary/aromatic N) is 5. The monoisotopic (exact) mass is 394 g/mol. The summed E-state index contributed by atoms with van der Waals surface area (Å²) in [7, 11) is 2.09. The van der Waals surface area contributed by atoms with E-state index in [1.165, 1.54) is 38.5 Å². The zero-order chi connectivity index (χ0) is 19.8. The molecule has 3 aromatic heterocycles. The number of rotatable bonds is 4. The van der Waals surface area contributed by atoms with Gasteiger partial charge in [-0.1, -0.05) is 0 Å². The minimum Gasteiger partial charge on any atom is -0.339 e. The highest BCUT2D eigenvalue weighted by molar-refractivity contribution is 5.73. The minimum absolute atomic E-state index is 0.410. The summed E-state index contributed by atoms with van der Waals surface area (Å²) in [4.78, 5) is 7.32. The molecule has 29 heavy (non-hydrogen) atoms. The number of aryl methyl sites for hydroxylation is 1. The van der Waals surface area contributed by atoms with Gasteiger partial charge in [-0.15, -0.1) is 5.10 Å². The van der Waals surface area contributed by atoms with Crippen LogP contribution in [0, 0.1) is 12.3 Å². The zero-order valence-electron chi connectivity index (χ0n) is 17.3. The number of nitrogens with one attached hydrogen (secondary N) is 3. The summed E-state index contributed by atoms with van der Waals surface area (Å²) < 4.78 is 1.92. The lowest BCUT2D eigenvalue weighted by Crippen LogP contribution is -2.47. The summed E-state index contributed by atoms with van der Waals surface area (Å²) in [5.74, 6) is 2.37. The van der Waals surface area contributed by atoms with E-state index in [1.54, 1.807) is 0 Å². The van der Waals surface area contributed by atoms with E-state index in [-0.39, 0.29) is 0 Å². The number of hydrogen-bond donors (Lipinski definition) is 3. The average molecular weight is 395 g/mol. The Hall–Kier alpha value is -2.61. The highest BCUT2D eigenvalue weighted by Crippen LogP contribution is 2.44. The largest absolute Gasteiger partial charge is 0.339 e. The van der Waals surface area contributed by atoms with Gasteiger partial charge in [0.2, 0.25) is 5.95 Å². The standard InChI is InChI=1S/C21H30N8/c1-15-13-18(26-25-15)23-19-17-5-3-12-29(17)27-20(24-19)28-11-4-8-21(14-28)9-6-16(22-2)7-10-21/h3,5,12-13,16,22H,4,6-11,14H2,1-2H3,(H2,23,24,25,26,27). The molecule has 5 rings (SSSR count). The number of piperidine rings is 1. The maximum Gasteiger partial charge on any atom is 0.245 e. The van der Waals surface area contributed by atoms with Gasteiger partial charge in [-0.3, -0.25) is 5.10 Å². The number of anilines is 3. The fourth-order valence-corrected chi connectivity index (χ4v) is 5.06. The summed E-state index contributed by atoms with van der Waals surface area (Å²) in [6.45, 7) is 4.06. The first-order valence-electron chi connectivity index (χ1n) is 10.7. The predicted octanol–water partition coefficient (Wildman–Crippen LogP) is 3.25. The van der Waals surface area contributed by atoms with Crippen LogP contribution in [0.3, 0.4) is 0 Å². The quantitative estimate of drug-likeness (QED) is 0.630. The van der Waals surface area contributed by atoms with Gasteiger partial charge in [0.05, 0.1) is 0 Å². The molecule has 3 aromatic rings. The molecule has 0 radical (unpaired) electrons. The van der Waals surface area contributed by atoms with Gasteiger partial charge in [-0.2, -0.15) is 10.1 Å². The number of aromatic amines is 1. The van der Waals surface area contributed by atoms with Crippen molar-refractivity contribution in [3.8, 4) is 0 Å². The molecule has 1 saturated heterocycles. The molecule has 2 aliphatic rings. The fraction of sp³-hybridized carbons (Fsp3) is 0.571.